The minimum atomic E-state index is 0.548. The van der Waals surface area contributed by atoms with Crippen molar-refractivity contribution in [2.45, 2.75) is 25.8 Å². The lowest BCUT2D eigenvalue weighted by Crippen LogP contribution is -1.99. The van der Waals surface area contributed by atoms with Gasteiger partial charge in [0.1, 0.15) is 5.82 Å². The third kappa shape index (κ3) is 2.09. The molecule has 0 saturated heterocycles. The molecule has 0 aliphatic heterocycles. The molecule has 1 saturated carbocycles. The summed E-state index contributed by atoms with van der Waals surface area (Å²) in [5.74, 6) is 1.000. The predicted octanol–water partition coefficient (Wildman–Crippen LogP) is 4.58. The van der Waals surface area contributed by atoms with E-state index in [0.717, 1.165) is 33.1 Å². The van der Waals surface area contributed by atoms with Gasteiger partial charge in [-0.15, -0.1) is 0 Å². The van der Waals surface area contributed by atoms with Crippen molar-refractivity contribution < 1.29 is 0 Å². The number of nitrogens with two attached hydrogens (primary N) is 1. The van der Waals surface area contributed by atoms with Gasteiger partial charge in [0.05, 0.1) is 11.0 Å². The highest BCUT2D eigenvalue weighted by atomic mass is 35.5. The molecule has 0 amide bonds. The van der Waals surface area contributed by atoms with Crippen LogP contribution in [-0.2, 0) is 0 Å². The van der Waals surface area contributed by atoms with E-state index < -0.39 is 0 Å². The van der Waals surface area contributed by atoms with Crippen LogP contribution in [0.3, 0.4) is 0 Å². The number of hydrogen-bond acceptors (Lipinski definition) is 2. The average Bonchev–Trinajstić information content (AvgIpc) is 3.22. The Bertz CT molecular complexity index is 847. The lowest BCUT2D eigenvalue weighted by molar-refractivity contribution is 0.775. The number of aromatic nitrogens is 2. The van der Waals surface area contributed by atoms with Gasteiger partial charge in [-0.1, -0.05) is 17.7 Å². The zero-order valence-electron chi connectivity index (χ0n) is 11.8. The van der Waals surface area contributed by atoms with Crippen LogP contribution in [0.15, 0.2) is 36.4 Å². The molecular formula is C17H16ClN3. The SMILES string of the molecule is Cc1ccc(N)cc1-c1nc2cc(Cl)ccc2n1C1CC1. The largest absolute Gasteiger partial charge is 0.399 e. The summed E-state index contributed by atoms with van der Waals surface area (Å²) in [4.78, 5) is 4.83. The van der Waals surface area contributed by atoms with Gasteiger partial charge in [-0.3, -0.25) is 0 Å². The fourth-order valence-corrected chi connectivity index (χ4v) is 3.01. The molecule has 0 unspecified atom stereocenters. The molecule has 1 aliphatic rings. The molecule has 3 aromatic rings. The molecule has 21 heavy (non-hydrogen) atoms. The van der Waals surface area contributed by atoms with Gasteiger partial charge in [0, 0.05) is 22.3 Å². The van der Waals surface area contributed by atoms with E-state index in [1.165, 1.54) is 18.4 Å². The first-order valence-electron chi connectivity index (χ1n) is 7.17. The Balaban J connectivity index is 2.03. The zero-order chi connectivity index (χ0) is 14.6. The maximum absolute atomic E-state index is 6.11. The first-order valence-corrected chi connectivity index (χ1v) is 7.55. The van der Waals surface area contributed by atoms with Gasteiger partial charge in [0.2, 0.25) is 0 Å². The summed E-state index contributed by atoms with van der Waals surface area (Å²) in [6.07, 6.45) is 2.42. The minimum Gasteiger partial charge on any atom is -0.399 e. The molecular weight excluding hydrogens is 282 g/mol. The van der Waals surface area contributed by atoms with E-state index in [2.05, 4.69) is 17.6 Å². The van der Waals surface area contributed by atoms with E-state index in [1.807, 2.05) is 30.3 Å². The fraction of sp³-hybridized carbons (Fsp3) is 0.235. The van der Waals surface area contributed by atoms with Gasteiger partial charge in [0.25, 0.3) is 0 Å². The van der Waals surface area contributed by atoms with Crippen molar-refractivity contribution in [2.24, 2.45) is 0 Å². The van der Waals surface area contributed by atoms with Crippen LogP contribution in [-0.4, -0.2) is 9.55 Å². The van der Waals surface area contributed by atoms with Crippen molar-refractivity contribution in [3.8, 4) is 11.4 Å². The van der Waals surface area contributed by atoms with Crippen LogP contribution in [0.1, 0.15) is 24.4 Å². The van der Waals surface area contributed by atoms with Gasteiger partial charge in [0.15, 0.2) is 0 Å². The molecule has 0 spiro atoms. The molecule has 0 atom stereocenters. The summed E-state index contributed by atoms with van der Waals surface area (Å²) in [5.41, 5.74) is 11.1. The second-order valence-corrected chi connectivity index (χ2v) is 6.18. The van der Waals surface area contributed by atoms with E-state index in [1.54, 1.807) is 0 Å². The summed E-state index contributed by atoms with van der Waals surface area (Å²) in [6, 6.07) is 12.5. The number of hydrogen-bond donors (Lipinski definition) is 1. The number of fused-ring (bicyclic) bond motifs is 1. The Morgan fingerprint density at radius 2 is 2.00 bits per heavy atom. The molecule has 3 nitrogen and oxygen atoms in total. The van der Waals surface area contributed by atoms with Crippen LogP contribution in [0.5, 0.6) is 0 Å². The lowest BCUT2D eigenvalue weighted by atomic mass is 10.1. The van der Waals surface area contributed by atoms with Crippen LogP contribution in [0.25, 0.3) is 22.4 Å². The molecule has 106 valence electrons. The van der Waals surface area contributed by atoms with E-state index in [9.17, 15) is 0 Å². The number of halogens is 1. The highest BCUT2D eigenvalue weighted by molar-refractivity contribution is 6.31. The van der Waals surface area contributed by atoms with Crippen molar-refractivity contribution in [1.82, 2.24) is 9.55 Å². The number of nitrogen functional groups attached to an aromatic ring is 1. The van der Waals surface area contributed by atoms with Crippen LogP contribution >= 0.6 is 11.6 Å². The van der Waals surface area contributed by atoms with E-state index in [0.29, 0.717) is 6.04 Å². The van der Waals surface area contributed by atoms with Crippen molar-refractivity contribution in [3.63, 3.8) is 0 Å². The third-order valence-electron chi connectivity index (χ3n) is 4.07. The average molecular weight is 298 g/mol. The highest BCUT2D eigenvalue weighted by Crippen LogP contribution is 2.42. The van der Waals surface area contributed by atoms with Crippen molar-refractivity contribution in [1.29, 1.82) is 0 Å². The Labute approximate surface area is 128 Å². The smallest absolute Gasteiger partial charge is 0.141 e. The van der Waals surface area contributed by atoms with Gasteiger partial charge in [-0.05, 0) is 55.7 Å². The van der Waals surface area contributed by atoms with E-state index >= 15 is 0 Å². The summed E-state index contributed by atoms with van der Waals surface area (Å²) in [7, 11) is 0. The molecule has 1 heterocycles. The van der Waals surface area contributed by atoms with Crippen LogP contribution in [0.4, 0.5) is 5.69 Å². The number of nitrogens with zero attached hydrogens (tertiary/aromatic N) is 2. The molecule has 0 bridgehead atoms. The maximum Gasteiger partial charge on any atom is 0.141 e. The third-order valence-corrected chi connectivity index (χ3v) is 4.30. The molecule has 1 aliphatic carbocycles. The second-order valence-electron chi connectivity index (χ2n) is 5.74. The number of imidazole rings is 1. The van der Waals surface area contributed by atoms with Crippen LogP contribution in [0, 0.1) is 6.92 Å². The Hall–Kier alpha value is -2.00. The van der Waals surface area contributed by atoms with E-state index in [4.69, 9.17) is 22.3 Å². The fourth-order valence-electron chi connectivity index (χ4n) is 2.84. The highest BCUT2D eigenvalue weighted by Gasteiger charge is 2.29. The normalized spacial score (nSPS) is 14.8. The van der Waals surface area contributed by atoms with Gasteiger partial charge in [-0.25, -0.2) is 4.98 Å². The number of benzene rings is 2. The maximum atomic E-state index is 6.11. The minimum absolute atomic E-state index is 0.548. The molecule has 2 aromatic carbocycles. The summed E-state index contributed by atoms with van der Waals surface area (Å²) in [5, 5.41) is 0.721. The summed E-state index contributed by atoms with van der Waals surface area (Å²) in [6.45, 7) is 2.10. The van der Waals surface area contributed by atoms with Gasteiger partial charge in [-0.2, -0.15) is 0 Å². The quantitative estimate of drug-likeness (QED) is 0.703. The summed E-state index contributed by atoms with van der Waals surface area (Å²) < 4.78 is 2.34. The van der Waals surface area contributed by atoms with Crippen molar-refractivity contribution >= 4 is 28.3 Å². The summed E-state index contributed by atoms with van der Waals surface area (Å²) >= 11 is 6.11. The second kappa shape index (κ2) is 4.50. The van der Waals surface area contributed by atoms with Crippen molar-refractivity contribution in [2.75, 3.05) is 5.73 Å². The van der Waals surface area contributed by atoms with Crippen molar-refractivity contribution in [3.05, 3.63) is 47.0 Å². The molecule has 4 rings (SSSR count). The number of anilines is 1. The zero-order valence-corrected chi connectivity index (χ0v) is 12.6. The van der Waals surface area contributed by atoms with Crippen LogP contribution < -0.4 is 5.73 Å². The first-order chi connectivity index (χ1) is 10.1. The molecule has 4 heteroatoms. The Kier molecular flexibility index (Phi) is 2.73. The van der Waals surface area contributed by atoms with E-state index in [-0.39, 0.29) is 0 Å². The van der Waals surface area contributed by atoms with Gasteiger partial charge >= 0.3 is 0 Å². The molecule has 0 radical (unpaired) electrons. The van der Waals surface area contributed by atoms with Crippen LogP contribution in [0.2, 0.25) is 5.02 Å². The van der Waals surface area contributed by atoms with Gasteiger partial charge < -0.3 is 10.3 Å². The molecule has 2 N–H and O–H groups in total. The number of rotatable bonds is 2. The molecule has 1 fully saturated rings. The standard InChI is InChI=1S/C17H16ClN3/c1-10-2-4-12(19)9-14(10)17-20-15-8-11(18)3-7-16(15)21(17)13-5-6-13/h2-4,7-9,13H,5-6,19H2,1H3. The number of aryl methyl sites for hydroxylation is 1. The molecule has 1 aromatic heterocycles. The Morgan fingerprint density at radius 3 is 2.76 bits per heavy atom. The monoisotopic (exact) mass is 297 g/mol. The lowest BCUT2D eigenvalue weighted by Gasteiger charge is -2.10. The Morgan fingerprint density at radius 1 is 1.19 bits per heavy atom. The first kappa shape index (κ1) is 12.7. The predicted molar refractivity (Wildman–Crippen MR) is 87.6 cm³/mol. The topological polar surface area (TPSA) is 43.8 Å².